The first kappa shape index (κ1) is 10.5. The molecule has 3 rings (SSSR count). The second kappa shape index (κ2) is 4.00. The number of aryl methyl sites for hydroxylation is 1. The zero-order chi connectivity index (χ0) is 11.8. The topological polar surface area (TPSA) is 55.0 Å². The van der Waals surface area contributed by atoms with E-state index in [0.717, 1.165) is 31.2 Å². The fourth-order valence-electron chi connectivity index (χ4n) is 2.18. The van der Waals surface area contributed by atoms with E-state index < -0.39 is 0 Å². The summed E-state index contributed by atoms with van der Waals surface area (Å²) in [6.07, 6.45) is 1.09. The highest BCUT2D eigenvalue weighted by Crippen LogP contribution is 2.27. The second-order valence-corrected chi connectivity index (χ2v) is 5.24. The molecule has 0 amide bonds. The number of anilines is 2. The largest absolute Gasteiger partial charge is 0.384 e. The molecule has 5 heteroatoms. The van der Waals surface area contributed by atoms with E-state index in [0.29, 0.717) is 5.82 Å². The number of fused-ring (bicyclic) bond motifs is 1. The molecule has 2 aromatic heterocycles. The highest BCUT2D eigenvalue weighted by Gasteiger charge is 2.18. The van der Waals surface area contributed by atoms with Gasteiger partial charge in [-0.05, 0) is 30.4 Å². The van der Waals surface area contributed by atoms with E-state index in [1.807, 2.05) is 24.3 Å². The highest BCUT2D eigenvalue weighted by atomic mass is 32.1. The van der Waals surface area contributed by atoms with Crippen LogP contribution in [0.2, 0.25) is 0 Å². The van der Waals surface area contributed by atoms with Gasteiger partial charge in [0.2, 0.25) is 0 Å². The van der Waals surface area contributed by atoms with Crippen LogP contribution in [-0.2, 0) is 13.0 Å². The van der Waals surface area contributed by atoms with Crippen molar-refractivity contribution in [2.75, 3.05) is 17.2 Å². The van der Waals surface area contributed by atoms with Gasteiger partial charge in [-0.3, -0.25) is 0 Å². The number of hydrogen-bond donors (Lipinski definition) is 1. The molecule has 0 atom stereocenters. The molecule has 2 N–H and O–H groups in total. The van der Waals surface area contributed by atoms with Crippen molar-refractivity contribution in [1.82, 2.24) is 9.97 Å². The van der Waals surface area contributed by atoms with Gasteiger partial charge in [0, 0.05) is 24.0 Å². The molecule has 4 nitrogen and oxygen atoms in total. The summed E-state index contributed by atoms with van der Waals surface area (Å²) in [6.45, 7) is 3.80. The van der Waals surface area contributed by atoms with Crippen LogP contribution >= 0.6 is 11.3 Å². The van der Waals surface area contributed by atoms with E-state index in [1.165, 1.54) is 10.4 Å². The van der Waals surface area contributed by atoms with Crippen molar-refractivity contribution < 1.29 is 0 Å². The minimum atomic E-state index is 0.545. The second-order valence-electron chi connectivity index (χ2n) is 4.24. The SMILES string of the molecule is Cc1nc(N)cc(N2CCc3sccc3C2)n1. The molecular weight excluding hydrogens is 232 g/mol. The van der Waals surface area contributed by atoms with E-state index in [2.05, 4.69) is 26.3 Å². The maximum absolute atomic E-state index is 5.77. The lowest BCUT2D eigenvalue weighted by atomic mass is 10.1. The van der Waals surface area contributed by atoms with Crippen molar-refractivity contribution >= 4 is 23.0 Å². The van der Waals surface area contributed by atoms with Gasteiger partial charge in [0.15, 0.2) is 0 Å². The Morgan fingerprint density at radius 2 is 2.29 bits per heavy atom. The van der Waals surface area contributed by atoms with Crippen molar-refractivity contribution in [3.05, 3.63) is 33.8 Å². The number of hydrogen-bond acceptors (Lipinski definition) is 5. The highest BCUT2D eigenvalue weighted by molar-refractivity contribution is 7.10. The van der Waals surface area contributed by atoms with Crippen molar-refractivity contribution in [1.29, 1.82) is 0 Å². The first-order chi connectivity index (χ1) is 8.22. The van der Waals surface area contributed by atoms with Gasteiger partial charge >= 0.3 is 0 Å². The fourth-order valence-corrected chi connectivity index (χ4v) is 3.07. The molecule has 0 radical (unpaired) electrons. The summed E-state index contributed by atoms with van der Waals surface area (Å²) in [5.41, 5.74) is 7.18. The van der Waals surface area contributed by atoms with E-state index in [1.54, 1.807) is 0 Å². The van der Waals surface area contributed by atoms with Crippen molar-refractivity contribution in [2.45, 2.75) is 19.9 Å². The van der Waals surface area contributed by atoms with E-state index in [-0.39, 0.29) is 0 Å². The molecule has 0 unspecified atom stereocenters. The van der Waals surface area contributed by atoms with Crippen LogP contribution in [0.25, 0.3) is 0 Å². The van der Waals surface area contributed by atoms with Crippen LogP contribution < -0.4 is 10.6 Å². The lowest BCUT2D eigenvalue weighted by Gasteiger charge is -2.28. The quantitative estimate of drug-likeness (QED) is 0.836. The third-order valence-corrected chi connectivity index (χ3v) is 4.00. The molecule has 0 aromatic carbocycles. The van der Waals surface area contributed by atoms with Gasteiger partial charge in [-0.2, -0.15) is 0 Å². The standard InChI is InChI=1S/C12H14N4S/c1-8-14-11(13)6-12(15-8)16-4-2-10-9(7-16)3-5-17-10/h3,5-6H,2,4,7H2,1H3,(H2,13,14,15). The Morgan fingerprint density at radius 1 is 1.41 bits per heavy atom. The van der Waals surface area contributed by atoms with Gasteiger partial charge in [-0.1, -0.05) is 0 Å². The smallest absolute Gasteiger partial charge is 0.134 e. The Balaban J connectivity index is 1.91. The minimum Gasteiger partial charge on any atom is -0.384 e. The number of thiophene rings is 1. The molecule has 1 aliphatic rings. The molecule has 0 aliphatic carbocycles. The molecule has 0 fully saturated rings. The molecule has 3 heterocycles. The van der Waals surface area contributed by atoms with Gasteiger partial charge in [-0.15, -0.1) is 11.3 Å². The van der Waals surface area contributed by atoms with Crippen LogP contribution in [0, 0.1) is 6.92 Å². The van der Waals surface area contributed by atoms with Gasteiger partial charge < -0.3 is 10.6 Å². The summed E-state index contributed by atoms with van der Waals surface area (Å²) in [7, 11) is 0. The van der Waals surface area contributed by atoms with Crippen molar-refractivity contribution in [3.63, 3.8) is 0 Å². The molecule has 0 saturated carbocycles. The molecule has 1 aliphatic heterocycles. The predicted molar refractivity (Wildman–Crippen MR) is 70.3 cm³/mol. The average Bonchev–Trinajstić information content (AvgIpc) is 2.74. The van der Waals surface area contributed by atoms with Crippen molar-refractivity contribution in [2.24, 2.45) is 0 Å². The Morgan fingerprint density at radius 3 is 3.12 bits per heavy atom. The first-order valence-corrected chi connectivity index (χ1v) is 6.52. The summed E-state index contributed by atoms with van der Waals surface area (Å²) < 4.78 is 0. The Hall–Kier alpha value is -1.62. The van der Waals surface area contributed by atoms with Gasteiger partial charge in [0.1, 0.15) is 17.5 Å². The lowest BCUT2D eigenvalue weighted by Crippen LogP contribution is -2.30. The van der Waals surface area contributed by atoms with Crippen LogP contribution in [0.4, 0.5) is 11.6 Å². The van der Waals surface area contributed by atoms with Gasteiger partial charge in [0.25, 0.3) is 0 Å². The molecule has 88 valence electrons. The summed E-state index contributed by atoms with van der Waals surface area (Å²) in [5.74, 6) is 2.21. The Labute approximate surface area is 104 Å². The zero-order valence-electron chi connectivity index (χ0n) is 9.68. The van der Waals surface area contributed by atoms with Crippen molar-refractivity contribution in [3.8, 4) is 0 Å². The molecule has 0 bridgehead atoms. The number of rotatable bonds is 1. The summed E-state index contributed by atoms with van der Waals surface area (Å²) in [6, 6.07) is 4.05. The number of nitrogens with two attached hydrogens (primary N) is 1. The third-order valence-electron chi connectivity index (χ3n) is 2.98. The van der Waals surface area contributed by atoms with E-state index in [4.69, 9.17) is 5.73 Å². The minimum absolute atomic E-state index is 0.545. The molecule has 0 spiro atoms. The fraction of sp³-hybridized carbons (Fsp3) is 0.333. The first-order valence-electron chi connectivity index (χ1n) is 5.64. The monoisotopic (exact) mass is 246 g/mol. The van der Waals surface area contributed by atoms with E-state index in [9.17, 15) is 0 Å². The molecular formula is C12H14N4S. The molecule has 2 aromatic rings. The van der Waals surface area contributed by atoms with Crippen LogP contribution in [0.5, 0.6) is 0 Å². The summed E-state index contributed by atoms with van der Waals surface area (Å²) in [5, 5.41) is 2.16. The van der Waals surface area contributed by atoms with Gasteiger partial charge in [-0.25, -0.2) is 9.97 Å². The zero-order valence-corrected chi connectivity index (χ0v) is 10.5. The molecule has 0 saturated heterocycles. The molecule has 17 heavy (non-hydrogen) atoms. The number of aromatic nitrogens is 2. The van der Waals surface area contributed by atoms with Gasteiger partial charge in [0.05, 0.1) is 0 Å². The Bertz CT molecular complexity index is 529. The maximum Gasteiger partial charge on any atom is 0.134 e. The van der Waals surface area contributed by atoms with Crippen LogP contribution in [-0.4, -0.2) is 16.5 Å². The average molecular weight is 246 g/mol. The third kappa shape index (κ3) is 1.98. The van der Waals surface area contributed by atoms with Crippen LogP contribution in [0.1, 0.15) is 16.3 Å². The van der Waals surface area contributed by atoms with E-state index >= 15 is 0 Å². The summed E-state index contributed by atoms with van der Waals surface area (Å²) >= 11 is 1.84. The summed E-state index contributed by atoms with van der Waals surface area (Å²) in [4.78, 5) is 12.3. The predicted octanol–water partition coefficient (Wildman–Crippen LogP) is 1.99. The Kier molecular flexibility index (Phi) is 2.48. The maximum atomic E-state index is 5.77. The lowest BCUT2D eigenvalue weighted by molar-refractivity contribution is 0.728. The normalized spacial score (nSPS) is 14.8. The van der Waals surface area contributed by atoms with Crippen LogP contribution in [0.3, 0.4) is 0 Å². The number of nitrogen functional groups attached to an aromatic ring is 1. The van der Waals surface area contributed by atoms with Crippen LogP contribution in [0.15, 0.2) is 17.5 Å². The number of nitrogens with zero attached hydrogens (tertiary/aromatic N) is 3.